The molecule has 0 unspecified atom stereocenters. The quantitative estimate of drug-likeness (QED) is 0.508. The van der Waals surface area contributed by atoms with Gasteiger partial charge in [-0.05, 0) is 48.1 Å². The summed E-state index contributed by atoms with van der Waals surface area (Å²) in [5, 5.41) is 14.3. The number of amides is 2. The third kappa shape index (κ3) is 1.73. The Morgan fingerprint density at radius 3 is 2.19 bits per heavy atom. The lowest BCUT2D eigenvalue weighted by Gasteiger charge is -2.13. The first-order chi connectivity index (χ1) is 10.1. The lowest BCUT2D eigenvalue weighted by Crippen LogP contribution is -2.28. The molecule has 21 heavy (non-hydrogen) atoms. The number of imide groups is 1. The molecule has 2 fully saturated rings. The number of fused-ring (bicyclic) bond motifs is 5. The highest BCUT2D eigenvalue weighted by molar-refractivity contribution is 6.06. The first-order valence-electron chi connectivity index (χ1n) is 7.04. The van der Waals surface area contributed by atoms with Gasteiger partial charge in [-0.2, -0.15) is 10.1 Å². The summed E-state index contributed by atoms with van der Waals surface area (Å²) < 4.78 is 0. The number of hydrogen-bond acceptors (Lipinski definition) is 4. The molecule has 1 aliphatic heterocycles. The van der Waals surface area contributed by atoms with Gasteiger partial charge in [0.15, 0.2) is 0 Å². The van der Waals surface area contributed by atoms with E-state index in [9.17, 15) is 14.7 Å². The van der Waals surface area contributed by atoms with E-state index in [1.54, 1.807) is 12.1 Å². The lowest BCUT2D eigenvalue weighted by atomic mass is 9.85. The van der Waals surface area contributed by atoms with Crippen LogP contribution in [0.25, 0.3) is 0 Å². The summed E-state index contributed by atoms with van der Waals surface area (Å²) in [6.45, 7) is 0. The van der Waals surface area contributed by atoms with Crippen molar-refractivity contribution < 1.29 is 14.7 Å². The number of hydrazone groups is 1. The van der Waals surface area contributed by atoms with Crippen molar-refractivity contribution in [1.82, 2.24) is 5.01 Å². The summed E-state index contributed by atoms with van der Waals surface area (Å²) in [5.74, 6) is -0.240. The molecule has 2 bridgehead atoms. The van der Waals surface area contributed by atoms with Crippen LogP contribution >= 0.6 is 0 Å². The van der Waals surface area contributed by atoms with E-state index in [0.29, 0.717) is 0 Å². The Bertz CT molecular complexity index is 647. The Morgan fingerprint density at radius 1 is 1.05 bits per heavy atom. The second-order valence-corrected chi connectivity index (χ2v) is 5.82. The molecule has 2 amide bonds. The summed E-state index contributed by atoms with van der Waals surface area (Å²) in [6, 6.07) is 6.42. The fourth-order valence-electron chi connectivity index (χ4n) is 3.69. The molecule has 3 aliphatic rings. The normalized spacial score (nSPS) is 33.4. The minimum absolute atomic E-state index is 0.164. The van der Waals surface area contributed by atoms with Gasteiger partial charge >= 0.3 is 0 Å². The van der Waals surface area contributed by atoms with E-state index < -0.39 is 0 Å². The average Bonchev–Trinajstić information content (AvgIpc) is 3.14. The van der Waals surface area contributed by atoms with E-state index in [0.717, 1.165) is 17.0 Å². The number of allylic oxidation sites excluding steroid dienone is 2. The molecule has 4 atom stereocenters. The van der Waals surface area contributed by atoms with Crippen molar-refractivity contribution in [3.8, 4) is 5.75 Å². The van der Waals surface area contributed by atoms with Crippen molar-refractivity contribution in [1.29, 1.82) is 0 Å². The van der Waals surface area contributed by atoms with Gasteiger partial charge in [0, 0.05) is 0 Å². The van der Waals surface area contributed by atoms with Gasteiger partial charge < -0.3 is 5.11 Å². The van der Waals surface area contributed by atoms with Crippen LogP contribution in [0, 0.1) is 23.7 Å². The van der Waals surface area contributed by atoms with Gasteiger partial charge in [0.05, 0.1) is 18.1 Å². The largest absolute Gasteiger partial charge is 0.508 e. The smallest absolute Gasteiger partial charge is 0.254 e. The fourth-order valence-corrected chi connectivity index (χ4v) is 3.69. The summed E-state index contributed by atoms with van der Waals surface area (Å²) in [5.41, 5.74) is 0.728. The Balaban J connectivity index is 1.58. The van der Waals surface area contributed by atoms with Crippen molar-refractivity contribution in [3.63, 3.8) is 0 Å². The van der Waals surface area contributed by atoms with Crippen molar-refractivity contribution >= 4 is 18.0 Å². The molecule has 5 heteroatoms. The van der Waals surface area contributed by atoms with Crippen LogP contribution in [-0.2, 0) is 9.59 Å². The number of aromatic hydroxyl groups is 1. The standard InChI is InChI=1S/C16H14N2O3/c19-12-5-1-9(2-6-12)8-17-18-15(20)13-10-3-4-11(7-10)14(13)16(18)21/h1-6,8,10-11,13-14,19H,7H2/t10-,11-,13-,14+/m0/s1. The minimum atomic E-state index is -0.218. The SMILES string of the molecule is O=C1[C@@H]2[C@H](C(=O)N1N=Cc1ccc(O)cc1)[C@H]1C=C[C@H]2C1. The number of nitrogens with zero attached hydrogens (tertiary/aromatic N) is 2. The molecule has 5 nitrogen and oxygen atoms in total. The van der Waals surface area contributed by atoms with E-state index in [2.05, 4.69) is 17.3 Å². The molecule has 1 saturated heterocycles. The highest BCUT2D eigenvalue weighted by atomic mass is 16.3. The van der Waals surface area contributed by atoms with Gasteiger partial charge in [-0.1, -0.05) is 12.2 Å². The van der Waals surface area contributed by atoms with E-state index in [1.165, 1.54) is 18.3 Å². The molecule has 4 rings (SSSR count). The highest BCUT2D eigenvalue weighted by Gasteiger charge is 2.59. The van der Waals surface area contributed by atoms with Gasteiger partial charge in [0.1, 0.15) is 5.75 Å². The maximum absolute atomic E-state index is 12.4. The number of carbonyl (C=O) groups is 2. The highest BCUT2D eigenvalue weighted by Crippen LogP contribution is 2.52. The number of phenolic OH excluding ortho intramolecular Hbond substituents is 1. The van der Waals surface area contributed by atoms with E-state index in [-0.39, 0.29) is 41.2 Å². The number of benzene rings is 1. The van der Waals surface area contributed by atoms with E-state index >= 15 is 0 Å². The van der Waals surface area contributed by atoms with Gasteiger partial charge in [-0.25, -0.2) is 0 Å². The molecule has 1 saturated carbocycles. The van der Waals surface area contributed by atoms with E-state index in [4.69, 9.17) is 0 Å². The number of carbonyl (C=O) groups excluding carboxylic acids is 2. The summed E-state index contributed by atoms with van der Waals surface area (Å²) in [7, 11) is 0. The van der Waals surface area contributed by atoms with Crippen LogP contribution in [0.5, 0.6) is 5.75 Å². The van der Waals surface area contributed by atoms with Crippen LogP contribution in [0.4, 0.5) is 0 Å². The van der Waals surface area contributed by atoms with Crippen LogP contribution in [0.3, 0.4) is 0 Å². The molecule has 0 aromatic heterocycles. The first kappa shape index (κ1) is 12.3. The lowest BCUT2D eigenvalue weighted by molar-refractivity contribution is -0.140. The maximum Gasteiger partial charge on any atom is 0.254 e. The van der Waals surface area contributed by atoms with Gasteiger partial charge in [0.25, 0.3) is 11.8 Å². The predicted molar refractivity (Wildman–Crippen MR) is 75.3 cm³/mol. The molecule has 1 aromatic rings. The second-order valence-electron chi connectivity index (χ2n) is 5.82. The van der Waals surface area contributed by atoms with Crippen LogP contribution in [0.2, 0.25) is 0 Å². The number of rotatable bonds is 2. The van der Waals surface area contributed by atoms with Crippen LogP contribution < -0.4 is 0 Å². The molecule has 1 aromatic carbocycles. The zero-order valence-electron chi connectivity index (χ0n) is 11.2. The summed E-state index contributed by atoms with van der Waals surface area (Å²) in [4.78, 5) is 24.8. The average molecular weight is 282 g/mol. The molecular formula is C16H14N2O3. The van der Waals surface area contributed by atoms with Crippen molar-refractivity contribution in [2.24, 2.45) is 28.8 Å². The van der Waals surface area contributed by atoms with Crippen molar-refractivity contribution in [2.75, 3.05) is 0 Å². The zero-order chi connectivity index (χ0) is 14.6. The minimum Gasteiger partial charge on any atom is -0.508 e. The Kier molecular flexibility index (Phi) is 2.51. The molecule has 2 aliphatic carbocycles. The Morgan fingerprint density at radius 2 is 1.62 bits per heavy atom. The van der Waals surface area contributed by atoms with Crippen LogP contribution in [0.1, 0.15) is 12.0 Å². The molecule has 1 heterocycles. The molecule has 106 valence electrons. The van der Waals surface area contributed by atoms with Crippen molar-refractivity contribution in [3.05, 3.63) is 42.0 Å². The molecule has 0 spiro atoms. The topological polar surface area (TPSA) is 70.0 Å². The summed E-state index contributed by atoms with van der Waals surface area (Å²) >= 11 is 0. The van der Waals surface area contributed by atoms with Gasteiger partial charge in [0.2, 0.25) is 0 Å². The first-order valence-corrected chi connectivity index (χ1v) is 7.04. The van der Waals surface area contributed by atoms with Crippen LogP contribution in [0.15, 0.2) is 41.5 Å². The zero-order valence-corrected chi connectivity index (χ0v) is 11.2. The third-order valence-electron chi connectivity index (χ3n) is 4.66. The number of hydrogen-bond donors (Lipinski definition) is 1. The van der Waals surface area contributed by atoms with E-state index in [1.807, 2.05) is 0 Å². The predicted octanol–water partition coefficient (Wildman–Crippen LogP) is 1.53. The maximum atomic E-state index is 12.4. The van der Waals surface area contributed by atoms with Crippen LogP contribution in [-0.4, -0.2) is 28.1 Å². The van der Waals surface area contributed by atoms with Gasteiger partial charge in [-0.3, -0.25) is 9.59 Å². The van der Waals surface area contributed by atoms with Crippen molar-refractivity contribution in [2.45, 2.75) is 6.42 Å². The van der Waals surface area contributed by atoms with Gasteiger partial charge in [-0.15, -0.1) is 0 Å². The fraction of sp³-hybridized carbons (Fsp3) is 0.312. The monoisotopic (exact) mass is 282 g/mol. The molecular weight excluding hydrogens is 268 g/mol. The summed E-state index contributed by atoms with van der Waals surface area (Å²) in [6.07, 6.45) is 6.52. The third-order valence-corrected chi connectivity index (χ3v) is 4.66. The molecule has 1 N–H and O–H groups in total. The Hall–Kier alpha value is -2.43. The second kappa shape index (κ2) is 4.28. The molecule has 0 radical (unpaired) electrons. The number of phenols is 1. The Labute approximate surface area is 121 Å².